The van der Waals surface area contributed by atoms with Gasteiger partial charge in [-0.2, -0.15) is 0 Å². The molecule has 2 heteroatoms. The Hall–Kier alpha value is -0.890. The lowest BCUT2D eigenvalue weighted by Gasteiger charge is -2.46. The molecule has 1 saturated carbocycles. The van der Waals surface area contributed by atoms with Gasteiger partial charge in [0.15, 0.2) is 0 Å². The van der Waals surface area contributed by atoms with E-state index in [9.17, 15) is 4.39 Å². The van der Waals surface area contributed by atoms with E-state index < -0.39 is 0 Å². The lowest BCUT2D eigenvalue weighted by Crippen LogP contribution is -2.47. The van der Waals surface area contributed by atoms with Gasteiger partial charge < -0.3 is 5.32 Å². The van der Waals surface area contributed by atoms with Crippen LogP contribution in [0.2, 0.25) is 0 Å². The number of rotatable bonds is 4. The molecule has 0 aliphatic heterocycles. The molecule has 1 aliphatic carbocycles. The quantitative estimate of drug-likeness (QED) is 0.827. The van der Waals surface area contributed by atoms with Crippen molar-refractivity contribution >= 4 is 0 Å². The number of halogens is 1. The minimum absolute atomic E-state index is 0.139. The van der Waals surface area contributed by atoms with E-state index >= 15 is 0 Å². The van der Waals surface area contributed by atoms with Gasteiger partial charge in [-0.1, -0.05) is 39.8 Å². The Kier molecular flexibility index (Phi) is 4.77. The molecule has 0 aromatic heterocycles. The van der Waals surface area contributed by atoms with E-state index in [1.807, 2.05) is 6.07 Å². The SMILES string of the molecule is CC(Cc1cccc(F)c1)NC1CC(C)(C)CC(C)(C)C1. The van der Waals surface area contributed by atoms with Gasteiger partial charge in [-0.3, -0.25) is 0 Å². The molecule has 0 spiro atoms. The zero-order chi connectivity index (χ0) is 15.7. The van der Waals surface area contributed by atoms with Crippen LogP contribution in [0.3, 0.4) is 0 Å². The van der Waals surface area contributed by atoms with Crippen molar-refractivity contribution in [3.63, 3.8) is 0 Å². The van der Waals surface area contributed by atoms with Gasteiger partial charge >= 0.3 is 0 Å². The van der Waals surface area contributed by atoms with E-state index in [0.29, 0.717) is 22.9 Å². The third kappa shape index (κ3) is 5.10. The van der Waals surface area contributed by atoms with Gasteiger partial charge in [0.2, 0.25) is 0 Å². The lowest BCUT2D eigenvalue weighted by atomic mass is 9.63. The molecule has 1 aromatic carbocycles. The first-order valence-corrected chi connectivity index (χ1v) is 8.16. The Morgan fingerprint density at radius 2 is 1.81 bits per heavy atom. The summed E-state index contributed by atoms with van der Waals surface area (Å²) >= 11 is 0. The summed E-state index contributed by atoms with van der Waals surface area (Å²) in [5.74, 6) is -0.139. The Morgan fingerprint density at radius 1 is 1.19 bits per heavy atom. The van der Waals surface area contributed by atoms with Crippen LogP contribution >= 0.6 is 0 Å². The van der Waals surface area contributed by atoms with E-state index in [4.69, 9.17) is 0 Å². The molecule has 1 aliphatic rings. The van der Waals surface area contributed by atoms with Crippen molar-refractivity contribution in [3.8, 4) is 0 Å². The average molecular weight is 291 g/mol. The molecule has 0 saturated heterocycles. The standard InChI is InChI=1S/C19H30FN/c1-14(9-15-7-6-8-16(20)10-15)21-17-11-18(2,3)13-19(4,5)12-17/h6-8,10,14,17,21H,9,11-13H2,1-5H3. The summed E-state index contributed by atoms with van der Waals surface area (Å²) in [6.07, 6.45) is 4.62. The van der Waals surface area contributed by atoms with E-state index in [1.54, 1.807) is 12.1 Å². The molecule has 1 unspecified atom stereocenters. The van der Waals surface area contributed by atoms with Crippen molar-refractivity contribution < 1.29 is 4.39 Å². The van der Waals surface area contributed by atoms with E-state index in [-0.39, 0.29) is 5.82 Å². The predicted molar refractivity (Wildman–Crippen MR) is 87.9 cm³/mol. The first-order valence-electron chi connectivity index (χ1n) is 8.16. The number of hydrogen-bond donors (Lipinski definition) is 1. The largest absolute Gasteiger partial charge is 0.311 e. The van der Waals surface area contributed by atoms with Gasteiger partial charge in [-0.25, -0.2) is 4.39 Å². The van der Waals surface area contributed by atoms with Gasteiger partial charge in [0.05, 0.1) is 0 Å². The second-order valence-electron chi connectivity index (χ2n) is 8.51. The maximum absolute atomic E-state index is 13.3. The first kappa shape index (κ1) is 16.5. The van der Waals surface area contributed by atoms with Crippen LogP contribution in [0.15, 0.2) is 24.3 Å². The van der Waals surface area contributed by atoms with Crippen molar-refractivity contribution in [2.24, 2.45) is 10.8 Å². The molecule has 2 rings (SSSR count). The van der Waals surface area contributed by atoms with E-state index in [1.165, 1.54) is 25.3 Å². The van der Waals surface area contributed by atoms with Crippen molar-refractivity contribution in [1.82, 2.24) is 5.32 Å². The zero-order valence-electron chi connectivity index (χ0n) is 14.2. The van der Waals surface area contributed by atoms with Crippen LogP contribution in [0.4, 0.5) is 4.39 Å². The molecule has 21 heavy (non-hydrogen) atoms. The maximum Gasteiger partial charge on any atom is 0.123 e. The van der Waals surface area contributed by atoms with Gasteiger partial charge in [0.25, 0.3) is 0 Å². The molecular formula is C19H30FN. The molecule has 1 aromatic rings. The molecule has 1 N–H and O–H groups in total. The summed E-state index contributed by atoms with van der Waals surface area (Å²) in [4.78, 5) is 0. The van der Waals surface area contributed by atoms with Crippen molar-refractivity contribution in [2.75, 3.05) is 0 Å². The average Bonchev–Trinajstić information content (AvgIpc) is 2.23. The first-order chi connectivity index (χ1) is 9.65. The molecule has 1 nitrogen and oxygen atoms in total. The van der Waals surface area contributed by atoms with Crippen LogP contribution in [-0.4, -0.2) is 12.1 Å². The third-order valence-corrected chi connectivity index (χ3v) is 4.51. The molecule has 1 fully saturated rings. The van der Waals surface area contributed by atoms with Crippen LogP contribution in [-0.2, 0) is 6.42 Å². The van der Waals surface area contributed by atoms with Gasteiger partial charge in [0.1, 0.15) is 5.82 Å². The fourth-order valence-corrected chi connectivity index (χ4v) is 4.44. The second-order valence-corrected chi connectivity index (χ2v) is 8.51. The smallest absolute Gasteiger partial charge is 0.123 e. The zero-order valence-corrected chi connectivity index (χ0v) is 14.2. The highest BCUT2D eigenvalue weighted by Crippen LogP contribution is 2.45. The summed E-state index contributed by atoms with van der Waals surface area (Å²) in [7, 11) is 0. The number of benzene rings is 1. The Balaban J connectivity index is 1.94. The van der Waals surface area contributed by atoms with Crippen LogP contribution in [0, 0.1) is 16.6 Å². The summed E-state index contributed by atoms with van der Waals surface area (Å²) < 4.78 is 13.3. The summed E-state index contributed by atoms with van der Waals surface area (Å²) in [5, 5.41) is 3.78. The van der Waals surface area contributed by atoms with E-state index in [0.717, 1.165) is 12.0 Å². The summed E-state index contributed by atoms with van der Waals surface area (Å²) in [6, 6.07) is 7.90. The number of nitrogens with one attached hydrogen (secondary N) is 1. The summed E-state index contributed by atoms with van der Waals surface area (Å²) in [5.41, 5.74) is 1.88. The highest BCUT2D eigenvalue weighted by Gasteiger charge is 2.38. The highest BCUT2D eigenvalue weighted by molar-refractivity contribution is 5.17. The molecule has 0 radical (unpaired) electrons. The molecule has 0 bridgehead atoms. The Morgan fingerprint density at radius 3 is 2.38 bits per heavy atom. The Bertz CT molecular complexity index is 462. The van der Waals surface area contributed by atoms with Gasteiger partial charge in [-0.15, -0.1) is 0 Å². The highest BCUT2D eigenvalue weighted by atomic mass is 19.1. The molecule has 0 amide bonds. The molecule has 0 heterocycles. The molecular weight excluding hydrogens is 261 g/mol. The fourth-order valence-electron chi connectivity index (χ4n) is 4.44. The van der Waals surface area contributed by atoms with Crippen LogP contribution in [0.1, 0.15) is 59.4 Å². The monoisotopic (exact) mass is 291 g/mol. The van der Waals surface area contributed by atoms with Crippen LogP contribution in [0.25, 0.3) is 0 Å². The minimum Gasteiger partial charge on any atom is -0.311 e. The molecule has 118 valence electrons. The van der Waals surface area contributed by atoms with Crippen molar-refractivity contribution in [3.05, 3.63) is 35.6 Å². The predicted octanol–water partition coefficient (Wildman–Crippen LogP) is 4.95. The number of hydrogen-bond acceptors (Lipinski definition) is 1. The summed E-state index contributed by atoms with van der Waals surface area (Å²) in [6.45, 7) is 11.7. The maximum atomic E-state index is 13.3. The normalized spacial score (nSPS) is 23.0. The van der Waals surface area contributed by atoms with E-state index in [2.05, 4.69) is 39.9 Å². The third-order valence-electron chi connectivity index (χ3n) is 4.51. The Labute approximate surface area is 129 Å². The van der Waals surface area contributed by atoms with Crippen molar-refractivity contribution in [2.45, 2.75) is 72.4 Å². The van der Waals surface area contributed by atoms with Crippen LogP contribution in [0.5, 0.6) is 0 Å². The lowest BCUT2D eigenvalue weighted by molar-refractivity contribution is 0.0812. The minimum atomic E-state index is -0.139. The topological polar surface area (TPSA) is 12.0 Å². The van der Waals surface area contributed by atoms with Crippen molar-refractivity contribution in [1.29, 1.82) is 0 Å². The van der Waals surface area contributed by atoms with Gasteiger partial charge in [-0.05, 0) is 61.1 Å². The fraction of sp³-hybridized carbons (Fsp3) is 0.684. The second kappa shape index (κ2) is 6.08. The van der Waals surface area contributed by atoms with Gasteiger partial charge in [0, 0.05) is 12.1 Å². The molecule has 1 atom stereocenters. The van der Waals surface area contributed by atoms with Crippen LogP contribution < -0.4 is 5.32 Å².